The summed E-state index contributed by atoms with van der Waals surface area (Å²) in [6.45, 7) is 8.33. The standard InChI is InChI=1S/2C6H7.C3H6.Ti/c2*1-6-4-2-3-5-6;1-3-2;/h2*2-5H,1H3;1-2H3;/q2*-1;;+2. The Morgan fingerprint density at radius 3 is 1.31 bits per heavy atom. The molecule has 84 valence electrons. The number of hydrogen-bond donors (Lipinski definition) is 0. The van der Waals surface area contributed by atoms with Crippen LogP contribution in [-0.4, -0.2) is 3.81 Å². The monoisotopic (exact) mass is 248 g/mol. The van der Waals surface area contributed by atoms with Crippen molar-refractivity contribution in [3.8, 4) is 0 Å². The van der Waals surface area contributed by atoms with Crippen LogP contribution in [0.2, 0.25) is 0 Å². The fraction of sp³-hybridized carbons (Fsp3) is 0.267. The maximum atomic E-state index is 2.08. The predicted molar refractivity (Wildman–Crippen MR) is 69.9 cm³/mol. The van der Waals surface area contributed by atoms with Gasteiger partial charge in [-0.15, -0.1) is 0 Å². The normalized spacial score (nSPS) is 8.38. The van der Waals surface area contributed by atoms with Crippen molar-refractivity contribution in [2.24, 2.45) is 0 Å². The Balaban J connectivity index is 0.000000217. The molecule has 0 bridgehead atoms. The Morgan fingerprint density at radius 2 is 1.25 bits per heavy atom. The van der Waals surface area contributed by atoms with E-state index >= 15 is 0 Å². The first kappa shape index (κ1) is 15.3. The van der Waals surface area contributed by atoms with Crippen molar-refractivity contribution in [1.82, 2.24) is 0 Å². The van der Waals surface area contributed by atoms with Gasteiger partial charge in [-0.3, -0.25) is 0 Å². The van der Waals surface area contributed by atoms with Gasteiger partial charge >= 0.3 is 37.6 Å². The fourth-order valence-electron chi connectivity index (χ4n) is 0.940. The minimum atomic E-state index is 1.34. The minimum Gasteiger partial charge on any atom is -0.213 e. The van der Waals surface area contributed by atoms with Crippen LogP contribution in [0.1, 0.15) is 25.0 Å². The molecule has 0 fully saturated rings. The molecule has 0 saturated carbocycles. The van der Waals surface area contributed by atoms with E-state index in [2.05, 4.69) is 71.9 Å². The largest absolute Gasteiger partial charge is 0.213 e. The van der Waals surface area contributed by atoms with Crippen LogP contribution in [0, 0.1) is 13.8 Å². The van der Waals surface area contributed by atoms with E-state index in [4.69, 9.17) is 0 Å². The Bertz CT molecular complexity index is 316. The summed E-state index contributed by atoms with van der Waals surface area (Å²) >= 11 is 2.08. The zero-order valence-electron chi connectivity index (χ0n) is 10.6. The zero-order valence-corrected chi connectivity index (χ0v) is 12.2. The van der Waals surface area contributed by atoms with Crippen LogP contribution < -0.4 is 0 Å². The SMILES string of the molecule is C[C](C)=[Ti+2].Cc1ccc[cH-]1.Cc1ccc[cH-]1. The first-order valence-corrected chi connectivity index (χ1v) is 6.19. The molecule has 2 aromatic rings. The van der Waals surface area contributed by atoms with Gasteiger partial charge in [0.05, 0.1) is 0 Å². The van der Waals surface area contributed by atoms with E-state index in [-0.39, 0.29) is 0 Å². The van der Waals surface area contributed by atoms with Gasteiger partial charge in [0.25, 0.3) is 0 Å². The quantitative estimate of drug-likeness (QED) is 0.484. The first-order chi connectivity index (χ1) is 7.52. The van der Waals surface area contributed by atoms with Crippen molar-refractivity contribution < 1.29 is 20.0 Å². The molecule has 0 aliphatic heterocycles. The molecule has 0 radical (unpaired) electrons. The van der Waals surface area contributed by atoms with E-state index in [1.54, 1.807) is 0 Å². The summed E-state index contributed by atoms with van der Waals surface area (Å²) in [6, 6.07) is 16.5. The maximum absolute atomic E-state index is 2.08. The molecule has 0 atom stereocenters. The molecular weight excluding hydrogens is 228 g/mol. The Kier molecular flexibility index (Phi) is 9.08. The molecule has 0 saturated heterocycles. The second-order valence-electron chi connectivity index (χ2n) is 3.92. The summed E-state index contributed by atoms with van der Waals surface area (Å²) in [5, 5.41) is 0. The van der Waals surface area contributed by atoms with Crippen LogP contribution in [0.25, 0.3) is 0 Å². The van der Waals surface area contributed by atoms with E-state index in [1.165, 1.54) is 14.9 Å². The first-order valence-electron chi connectivity index (χ1n) is 5.40. The molecule has 0 heterocycles. The van der Waals surface area contributed by atoms with Gasteiger partial charge in [0.1, 0.15) is 0 Å². The van der Waals surface area contributed by atoms with E-state index in [0.29, 0.717) is 0 Å². The van der Waals surface area contributed by atoms with Gasteiger partial charge in [0, 0.05) is 0 Å². The molecule has 2 aromatic carbocycles. The number of rotatable bonds is 0. The Hall–Kier alpha value is -0.716. The van der Waals surface area contributed by atoms with Gasteiger partial charge in [-0.1, -0.05) is 13.8 Å². The third kappa shape index (κ3) is 11.4. The van der Waals surface area contributed by atoms with Gasteiger partial charge in [0.15, 0.2) is 0 Å². The molecule has 0 aliphatic carbocycles. The van der Waals surface area contributed by atoms with Gasteiger partial charge < -0.3 is 0 Å². The van der Waals surface area contributed by atoms with Gasteiger partial charge in [-0.05, 0) is 0 Å². The van der Waals surface area contributed by atoms with Crippen LogP contribution in [0.3, 0.4) is 0 Å². The molecule has 0 aliphatic rings. The molecule has 0 spiro atoms. The molecule has 16 heavy (non-hydrogen) atoms. The average Bonchev–Trinajstić information content (AvgIpc) is 2.78. The fourth-order valence-corrected chi connectivity index (χ4v) is 0.940. The van der Waals surface area contributed by atoms with Gasteiger partial charge in [-0.2, -0.15) is 35.4 Å². The van der Waals surface area contributed by atoms with Crippen LogP contribution in [0.5, 0.6) is 0 Å². The van der Waals surface area contributed by atoms with Crippen LogP contribution >= 0.6 is 0 Å². The molecule has 0 N–H and O–H groups in total. The van der Waals surface area contributed by atoms with Crippen LogP contribution in [0.15, 0.2) is 48.5 Å². The van der Waals surface area contributed by atoms with Crippen molar-refractivity contribution >= 4 is 3.81 Å². The third-order valence-electron chi connectivity index (χ3n) is 1.66. The number of aryl methyl sites for hydroxylation is 2. The summed E-state index contributed by atoms with van der Waals surface area (Å²) in [7, 11) is 0. The molecular formula is C15H20Ti. The van der Waals surface area contributed by atoms with Gasteiger partial charge in [0.2, 0.25) is 0 Å². The van der Waals surface area contributed by atoms with Gasteiger partial charge in [-0.25, -0.2) is 24.3 Å². The zero-order chi connectivity index (χ0) is 12.4. The second-order valence-corrected chi connectivity index (χ2v) is 5.49. The minimum absolute atomic E-state index is 1.34. The van der Waals surface area contributed by atoms with Crippen molar-refractivity contribution in [3.63, 3.8) is 0 Å². The summed E-state index contributed by atoms with van der Waals surface area (Å²) in [4.78, 5) is 0. The maximum Gasteiger partial charge on any atom is -0.0635 e. The second kappa shape index (κ2) is 9.51. The molecule has 2 rings (SSSR count). The van der Waals surface area contributed by atoms with Crippen molar-refractivity contribution in [3.05, 3.63) is 59.7 Å². The van der Waals surface area contributed by atoms with Crippen LogP contribution in [0.4, 0.5) is 0 Å². The van der Waals surface area contributed by atoms with E-state index in [1.807, 2.05) is 24.3 Å². The molecule has 0 unspecified atom stereocenters. The smallest absolute Gasteiger partial charge is 0.0635 e. The summed E-state index contributed by atoms with van der Waals surface area (Å²) in [5.74, 6) is 0. The summed E-state index contributed by atoms with van der Waals surface area (Å²) in [5.41, 5.74) is 2.69. The third-order valence-corrected chi connectivity index (χ3v) is 1.66. The Morgan fingerprint density at radius 1 is 0.938 bits per heavy atom. The predicted octanol–water partition coefficient (Wildman–Crippen LogP) is 4.17. The summed E-state index contributed by atoms with van der Waals surface area (Å²) in [6.07, 6.45) is 0. The van der Waals surface area contributed by atoms with Crippen molar-refractivity contribution in [1.29, 1.82) is 0 Å². The molecule has 1 heteroatoms. The van der Waals surface area contributed by atoms with Crippen LogP contribution in [-0.2, 0) is 20.0 Å². The van der Waals surface area contributed by atoms with Crippen molar-refractivity contribution in [2.45, 2.75) is 27.7 Å². The number of hydrogen-bond acceptors (Lipinski definition) is 0. The van der Waals surface area contributed by atoms with E-state index < -0.39 is 0 Å². The topological polar surface area (TPSA) is 0 Å². The molecule has 0 amide bonds. The van der Waals surface area contributed by atoms with Crippen molar-refractivity contribution in [2.75, 3.05) is 0 Å². The van der Waals surface area contributed by atoms with E-state index in [0.717, 1.165) is 0 Å². The van der Waals surface area contributed by atoms with E-state index in [9.17, 15) is 0 Å². The average molecular weight is 248 g/mol. The Labute approximate surface area is 111 Å². The molecule has 0 aromatic heterocycles. The molecule has 0 nitrogen and oxygen atoms in total. The summed E-state index contributed by atoms with van der Waals surface area (Å²) < 4.78 is 1.42.